The van der Waals surface area contributed by atoms with Crippen LogP contribution in [0.3, 0.4) is 0 Å². The van der Waals surface area contributed by atoms with Crippen LogP contribution in [0.25, 0.3) is 11.3 Å². The number of hydrogen-bond donors (Lipinski definition) is 1. The molecule has 1 aliphatic carbocycles. The second kappa shape index (κ2) is 6.75. The van der Waals surface area contributed by atoms with Crippen molar-refractivity contribution in [3.05, 3.63) is 87.0 Å². The third-order valence-corrected chi connectivity index (χ3v) is 5.43. The smallest absolute Gasteiger partial charge is 0.335 e. The number of halogens is 2. The van der Waals surface area contributed by atoms with Crippen LogP contribution in [-0.4, -0.2) is 16.1 Å². The number of pyridine rings is 1. The molecule has 1 aromatic heterocycles. The summed E-state index contributed by atoms with van der Waals surface area (Å²) in [7, 11) is 0. The van der Waals surface area contributed by atoms with Gasteiger partial charge in [-0.2, -0.15) is 0 Å². The predicted molar refractivity (Wildman–Crippen MR) is 103 cm³/mol. The normalized spacial score (nSPS) is 15.7. The van der Waals surface area contributed by atoms with Gasteiger partial charge in [-0.05, 0) is 59.9 Å². The summed E-state index contributed by atoms with van der Waals surface area (Å²) in [5, 5.41) is 10.5. The number of carbonyl (C=O) groups is 1. The zero-order chi connectivity index (χ0) is 18.3. The molecule has 0 spiro atoms. The molecule has 3 nitrogen and oxygen atoms in total. The summed E-state index contributed by atoms with van der Waals surface area (Å²) in [4.78, 5) is 15.6. The summed E-state index contributed by atoms with van der Waals surface area (Å²) >= 11 is 12.5. The van der Waals surface area contributed by atoms with Crippen LogP contribution in [-0.2, 0) is 6.42 Å². The molecule has 0 saturated heterocycles. The number of carboxylic acid groups (broad SMARTS) is 1. The van der Waals surface area contributed by atoms with Gasteiger partial charge in [0, 0.05) is 27.7 Å². The molecule has 0 fully saturated rings. The van der Waals surface area contributed by atoms with Crippen molar-refractivity contribution in [1.82, 2.24) is 4.98 Å². The highest BCUT2D eigenvalue weighted by Crippen LogP contribution is 2.42. The summed E-state index contributed by atoms with van der Waals surface area (Å²) in [6.07, 6.45) is 3.50. The molecule has 3 aromatic rings. The van der Waals surface area contributed by atoms with Crippen molar-refractivity contribution in [2.45, 2.75) is 18.8 Å². The van der Waals surface area contributed by atoms with Gasteiger partial charge in [-0.25, -0.2) is 4.79 Å². The molecule has 1 heterocycles. The second-order valence-corrected chi connectivity index (χ2v) is 7.25. The lowest BCUT2D eigenvalue weighted by atomic mass is 9.91. The molecule has 26 heavy (non-hydrogen) atoms. The van der Waals surface area contributed by atoms with E-state index in [4.69, 9.17) is 23.2 Å². The highest BCUT2D eigenvalue weighted by Gasteiger charge is 2.26. The van der Waals surface area contributed by atoms with Crippen molar-refractivity contribution in [1.29, 1.82) is 0 Å². The Hall–Kier alpha value is -2.36. The number of aromatic carboxylic acids is 1. The van der Waals surface area contributed by atoms with Crippen molar-refractivity contribution in [3.63, 3.8) is 0 Å². The molecule has 1 N–H and O–H groups in total. The minimum atomic E-state index is -0.958. The first-order valence-electron chi connectivity index (χ1n) is 8.30. The van der Waals surface area contributed by atoms with Crippen molar-refractivity contribution in [2.24, 2.45) is 0 Å². The summed E-state index contributed by atoms with van der Waals surface area (Å²) in [6, 6.07) is 14.9. The van der Waals surface area contributed by atoms with E-state index < -0.39 is 5.97 Å². The monoisotopic (exact) mass is 383 g/mol. The zero-order valence-electron chi connectivity index (χ0n) is 13.7. The lowest BCUT2D eigenvalue weighted by molar-refractivity contribution is 0.0697. The molecule has 0 aliphatic heterocycles. The molecular weight excluding hydrogens is 369 g/mol. The number of fused-ring (bicyclic) bond motifs is 1. The molecule has 0 radical (unpaired) electrons. The van der Waals surface area contributed by atoms with E-state index in [0.717, 1.165) is 24.0 Å². The van der Waals surface area contributed by atoms with Crippen LogP contribution in [0.15, 0.2) is 54.7 Å². The Morgan fingerprint density at radius 1 is 1.04 bits per heavy atom. The van der Waals surface area contributed by atoms with Crippen molar-refractivity contribution in [2.75, 3.05) is 0 Å². The third-order valence-electron chi connectivity index (χ3n) is 4.86. The van der Waals surface area contributed by atoms with Gasteiger partial charge in [0.25, 0.3) is 0 Å². The fraction of sp³-hybridized carbons (Fsp3) is 0.143. The Bertz CT molecular complexity index is 1020. The van der Waals surface area contributed by atoms with Gasteiger partial charge in [-0.3, -0.25) is 4.98 Å². The molecule has 4 rings (SSSR count). The van der Waals surface area contributed by atoms with E-state index in [1.807, 2.05) is 18.2 Å². The van der Waals surface area contributed by atoms with E-state index in [9.17, 15) is 9.90 Å². The average Bonchev–Trinajstić information content (AvgIpc) is 3.05. The van der Waals surface area contributed by atoms with Crippen molar-refractivity contribution >= 4 is 29.2 Å². The number of carboxylic acids is 1. The Kier molecular flexibility index (Phi) is 4.43. The standard InChI is InChI=1S/C21H15Cl2NO2/c22-15-4-6-17(19(23)11-15)16-5-3-12-1-2-13(9-18(12)16)20-10-14(21(25)26)7-8-24-20/h1-2,4,6-11,16H,3,5H2,(H,25,26). The van der Waals surface area contributed by atoms with E-state index in [0.29, 0.717) is 15.7 Å². The average molecular weight is 384 g/mol. The highest BCUT2D eigenvalue weighted by molar-refractivity contribution is 6.35. The summed E-state index contributed by atoms with van der Waals surface area (Å²) < 4.78 is 0. The molecular formula is C21H15Cl2NO2. The minimum Gasteiger partial charge on any atom is -0.478 e. The number of rotatable bonds is 3. The maximum atomic E-state index is 11.2. The van der Waals surface area contributed by atoms with E-state index in [-0.39, 0.29) is 11.5 Å². The van der Waals surface area contributed by atoms with Crippen LogP contribution in [0.2, 0.25) is 10.0 Å². The minimum absolute atomic E-state index is 0.206. The number of aromatic nitrogens is 1. The van der Waals surface area contributed by atoms with Crippen LogP contribution >= 0.6 is 23.2 Å². The Morgan fingerprint density at radius 2 is 1.88 bits per heavy atom. The summed E-state index contributed by atoms with van der Waals surface area (Å²) in [6.45, 7) is 0. The van der Waals surface area contributed by atoms with Gasteiger partial charge in [0.1, 0.15) is 0 Å². The molecule has 2 aromatic carbocycles. The first kappa shape index (κ1) is 17.1. The van der Waals surface area contributed by atoms with E-state index >= 15 is 0 Å². The first-order chi connectivity index (χ1) is 12.5. The number of aryl methyl sites for hydroxylation is 1. The Labute approximate surface area is 161 Å². The number of hydrogen-bond acceptors (Lipinski definition) is 2. The molecule has 130 valence electrons. The quantitative estimate of drug-likeness (QED) is 0.618. The van der Waals surface area contributed by atoms with Crippen LogP contribution in [0.1, 0.15) is 39.4 Å². The highest BCUT2D eigenvalue weighted by atomic mass is 35.5. The van der Waals surface area contributed by atoms with E-state index in [1.54, 1.807) is 12.1 Å². The fourth-order valence-electron chi connectivity index (χ4n) is 3.59. The Morgan fingerprint density at radius 3 is 2.65 bits per heavy atom. The summed E-state index contributed by atoms with van der Waals surface area (Å²) in [5.74, 6) is -0.752. The largest absolute Gasteiger partial charge is 0.478 e. The van der Waals surface area contributed by atoms with Gasteiger partial charge in [-0.1, -0.05) is 41.4 Å². The van der Waals surface area contributed by atoms with Gasteiger partial charge in [-0.15, -0.1) is 0 Å². The number of nitrogens with zero attached hydrogens (tertiary/aromatic N) is 1. The second-order valence-electron chi connectivity index (χ2n) is 6.41. The SMILES string of the molecule is O=C(O)c1ccnc(-c2ccc3c(c2)C(c2ccc(Cl)cc2Cl)CC3)c1. The van der Waals surface area contributed by atoms with Crippen molar-refractivity contribution in [3.8, 4) is 11.3 Å². The van der Waals surface area contributed by atoms with E-state index in [2.05, 4.69) is 17.1 Å². The Balaban J connectivity index is 1.77. The van der Waals surface area contributed by atoms with Crippen LogP contribution in [0.4, 0.5) is 0 Å². The van der Waals surface area contributed by atoms with Crippen LogP contribution in [0, 0.1) is 0 Å². The molecule has 1 atom stereocenters. The third kappa shape index (κ3) is 3.09. The molecule has 0 saturated carbocycles. The van der Waals surface area contributed by atoms with Crippen LogP contribution in [0.5, 0.6) is 0 Å². The zero-order valence-corrected chi connectivity index (χ0v) is 15.3. The van der Waals surface area contributed by atoms with Gasteiger partial charge >= 0.3 is 5.97 Å². The maximum absolute atomic E-state index is 11.2. The summed E-state index contributed by atoms with van der Waals surface area (Å²) in [5.41, 5.74) is 5.37. The van der Waals surface area contributed by atoms with Gasteiger partial charge < -0.3 is 5.11 Å². The van der Waals surface area contributed by atoms with Gasteiger partial charge in [0.2, 0.25) is 0 Å². The van der Waals surface area contributed by atoms with Crippen LogP contribution < -0.4 is 0 Å². The topological polar surface area (TPSA) is 50.2 Å². The fourth-order valence-corrected chi connectivity index (χ4v) is 4.13. The van der Waals surface area contributed by atoms with E-state index in [1.165, 1.54) is 23.4 Å². The van der Waals surface area contributed by atoms with Crippen molar-refractivity contribution < 1.29 is 9.90 Å². The molecule has 0 amide bonds. The lowest BCUT2D eigenvalue weighted by Gasteiger charge is -2.15. The molecule has 0 bridgehead atoms. The predicted octanol–water partition coefficient (Wildman–Crippen LogP) is 5.83. The maximum Gasteiger partial charge on any atom is 0.335 e. The molecule has 5 heteroatoms. The van der Waals surface area contributed by atoms with Gasteiger partial charge in [0.05, 0.1) is 11.3 Å². The van der Waals surface area contributed by atoms with Gasteiger partial charge in [0.15, 0.2) is 0 Å². The number of benzene rings is 2. The molecule has 1 unspecified atom stereocenters. The molecule has 1 aliphatic rings. The lowest BCUT2D eigenvalue weighted by Crippen LogP contribution is -1.99. The first-order valence-corrected chi connectivity index (χ1v) is 9.06.